The van der Waals surface area contributed by atoms with Crippen molar-refractivity contribution in [2.75, 3.05) is 19.0 Å². The quantitative estimate of drug-likeness (QED) is 0.690. The molecule has 0 bridgehead atoms. The molecule has 3 heteroatoms. The molecule has 1 aromatic rings. The summed E-state index contributed by atoms with van der Waals surface area (Å²) >= 11 is 5.76. The standard InChI is InChI=1S/C15H22ClNO/c1-3-5-11-17(12-10-16)15(18)14-8-6-13(4-2)7-9-14/h6-9H,3-5,10-12H2,1-2H3. The first-order valence-electron chi connectivity index (χ1n) is 6.67. The average Bonchev–Trinajstić information content (AvgIpc) is 2.43. The summed E-state index contributed by atoms with van der Waals surface area (Å²) < 4.78 is 0. The second kappa shape index (κ2) is 8.15. The smallest absolute Gasteiger partial charge is 0.253 e. The molecule has 1 amide bonds. The number of unbranched alkanes of at least 4 members (excludes halogenated alkanes) is 1. The summed E-state index contributed by atoms with van der Waals surface area (Å²) in [5.74, 6) is 0.578. The van der Waals surface area contributed by atoms with E-state index < -0.39 is 0 Å². The molecule has 0 unspecified atom stereocenters. The fourth-order valence-corrected chi connectivity index (χ4v) is 2.04. The molecular formula is C15H22ClNO. The SMILES string of the molecule is CCCCN(CCCl)C(=O)c1ccc(CC)cc1. The van der Waals surface area contributed by atoms with Gasteiger partial charge in [0.05, 0.1) is 0 Å². The summed E-state index contributed by atoms with van der Waals surface area (Å²) in [7, 11) is 0. The molecule has 0 radical (unpaired) electrons. The Morgan fingerprint density at radius 3 is 2.33 bits per heavy atom. The van der Waals surface area contributed by atoms with Crippen LogP contribution in [-0.4, -0.2) is 29.8 Å². The van der Waals surface area contributed by atoms with E-state index in [2.05, 4.69) is 13.8 Å². The number of halogens is 1. The normalized spacial score (nSPS) is 10.4. The molecule has 0 aliphatic rings. The maximum atomic E-state index is 12.3. The van der Waals surface area contributed by atoms with Crippen LogP contribution in [-0.2, 0) is 6.42 Å². The highest BCUT2D eigenvalue weighted by molar-refractivity contribution is 6.18. The highest BCUT2D eigenvalue weighted by Crippen LogP contribution is 2.09. The van der Waals surface area contributed by atoms with Crippen LogP contribution in [0.4, 0.5) is 0 Å². The van der Waals surface area contributed by atoms with E-state index in [-0.39, 0.29) is 5.91 Å². The Balaban J connectivity index is 2.73. The third-order valence-corrected chi connectivity index (χ3v) is 3.20. The van der Waals surface area contributed by atoms with E-state index in [0.717, 1.165) is 31.4 Å². The maximum Gasteiger partial charge on any atom is 0.253 e. The fourth-order valence-electron chi connectivity index (χ4n) is 1.83. The molecule has 0 N–H and O–H groups in total. The zero-order valence-electron chi connectivity index (χ0n) is 11.3. The molecule has 0 aliphatic heterocycles. The number of rotatable bonds is 7. The van der Waals surface area contributed by atoms with Crippen molar-refractivity contribution in [2.45, 2.75) is 33.1 Å². The Labute approximate surface area is 115 Å². The first-order chi connectivity index (χ1) is 8.72. The summed E-state index contributed by atoms with van der Waals surface area (Å²) in [5, 5.41) is 0. The highest BCUT2D eigenvalue weighted by Gasteiger charge is 2.14. The minimum Gasteiger partial charge on any atom is -0.337 e. The molecule has 0 aliphatic carbocycles. The number of benzene rings is 1. The molecule has 0 atom stereocenters. The number of hydrogen-bond acceptors (Lipinski definition) is 1. The number of nitrogens with zero attached hydrogens (tertiary/aromatic N) is 1. The van der Waals surface area contributed by atoms with E-state index in [1.807, 2.05) is 29.2 Å². The van der Waals surface area contributed by atoms with Gasteiger partial charge in [-0.1, -0.05) is 32.4 Å². The van der Waals surface area contributed by atoms with E-state index in [9.17, 15) is 4.79 Å². The Morgan fingerprint density at radius 1 is 1.17 bits per heavy atom. The monoisotopic (exact) mass is 267 g/mol. The van der Waals surface area contributed by atoms with Crippen molar-refractivity contribution in [2.24, 2.45) is 0 Å². The summed E-state index contributed by atoms with van der Waals surface area (Å²) in [6, 6.07) is 7.86. The molecule has 1 rings (SSSR count). The van der Waals surface area contributed by atoms with Crippen molar-refractivity contribution < 1.29 is 4.79 Å². The topological polar surface area (TPSA) is 20.3 Å². The van der Waals surface area contributed by atoms with Crippen LogP contribution in [0, 0.1) is 0 Å². The number of carbonyl (C=O) groups excluding carboxylic acids is 1. The van der Waals surface area contributed by atoms with Gasteiger partial charge in [-0.2, -0.15) is 0 Å². The minimum absolute atomic E-state index is 0.0896. The largest absolute Gasteiger partial charge is 0.337 e. The Bertz CT molecular complexity index is 361. The molecule has 2 nitrogen and oxygen atoms in total. The van der Waals surface area contributed by atoms with Crippen LogP contribution < -0.4 is 0 Å². The predicted molar refractivity (Wildman–Crippen MR) is 77.4 cm³/mol. The maximum absolute atomic E-state index is 12.3. The summed E-state index contributed by atoms with van der Waals surface area (Å²) in [4.78, 5) is 14.2. The Hall–Kier alpha value is -1.02. The number of amides is 1. The van der Waals surface area contributed by atoms with Crippen molar-refractivity contribution in [1.82, 2.24) is 4.90 Å². The lowest BCUT2D eigenvalue weighted by atomic mass is 10.1. The number of hydrogen-bond donors (Lipinski definition) is 0. The molecule has 0 saturated heterocycles. The van der Waals surface area contributed by atoms with E-state index in [1.165, 1.54) is 5.56 Å². The molecular weight excluding hydrogens is 246 g/mol. The van der Waals surface area contributed by atoms with Gasteiger partial charge in [0, 0.05) is 24.5 Å². The van der Waals surface area contributed by atoms with Crippen LogP contribution in [0.25, 0.3) is 0 Å². The summed E-state index contributed by atoms with van der Waals surface area (Å²) in [5.41, 5.74) is 2.01. The summed E-state index contributed by atoms with van der Waals surface area (Å²) in [6.45, 7) is 5.64. The number of alkyl halides is 1. The molecule has 1 aromatic carbocycles. The van der Waals surface area contributed by atoms with E-state index in [0.29, 0.717) is 12.4 Å². The molecule has 0 heterocycles. The predicted octanol–water partition coefficient (Wildman–Crippen LogP) is 3.73. The molecule has 0 fully saturated rings. The first-order valence-corrected chi connectivity index (χ1v) is 7.20. The minimum atomic E-state index is 0.0896. The molecule has 18 heavy (non-hydrogen) atoms. The van der Waals surface area contributed by atoms with Gasteiger partial charge in [0.15, 0.2) is 0 Å². The second-order valence-electron chi connectivity index (χ2n) is 4.39. The van der Waals surface area contributed by atoms with Crippen LogP contribution in [0.3, 0.4) is 0 Å². The van der Waals surface area contributed by atoms with Gasteiger partial charge in [-0.05, 0) is 30.5 Å². The Kier molecular flexibility index (Phi) is 6.81. The van der Waals surface area contributed by atoms with Gasteiger partial charge in [-0.3, -0.25) is 4.79 Å². The zero-order valence-corrected chi connectivity index (χ0v) is 12.0. The molecule has 0 saturated carbocycles. The third-order valence-electron chi connectivity index (χ3n) is 3.03. The van der Waals surface area contributed by atoms with Crippen molar-refractivity contribution in [1.29, 1.82) is 0 Å². The van der Waals surface area contributed by atoms with Crippen LogP contribution in [0.2, 0.25) is 0 Å². The second-order valence-corrected chi connectivity index (χ2v) is 4.76. The lowest BCUT2D eigenvalue weighted by Gasteiger charge is -2.21. The van der Waals surface area contributed by atoms with Crippen molar-refractivity contribution in [3.8, 4) is 0 Å². The number of aryl methyl sites for hydroxylation is 1. The van der Waals surface area contributed by atoms with E-state index >= 15 is 0 Å². The van der Waals surface area contributed by atoms with Crippen molar-refractivity contribution in [3.63, 3.8) is 0 Å². The molecule has 100 valence electrons. The third kappa shape index (κ3) is 4.34. The lowest BCUT2D eigenvalue weighted by Crippen LogP contribution is -2.33. The van der Waals surface area contributed by atoms with E-state index in [1.54, 1.807) is 0 Å². The van der Waals surface area contributed by atoms with Crippen LogP contribution in [0.15, 0.2) is 24.3 Å². The van der Waals surface area contributed by atoms with Crippen LogP contribution in [0.5, 0.6) is 0 Å². The van der Waals surface area contributed by atoms with Crippen LogP contribution >= 0.6 is 11.6 Å². The zero-order chi connectivity index (χ0) is 13.4. The number of carbonyl (C=O) groups is 1. The van der Waals surface area contributed by atoms with Gasteiger partial charge < -0.3 is 4.90 Å². The van der Waals surface area contributed by atoms with E-state index in [4.69, 9.17) is 11.6 Å². The van der Waals surface area contributed by atoms with Gasteiger partial charge in [0.25, 0.3) is 5.91 Å². The average molecular weight is 268 g/mol. The Morgan fingerprint density at radius 2 is 1.83 bits per heavy atom. The fraction of sp³-hybridized carbons (Fsp3) is 0.533. The van der Waals surface area contributed by atoms with Crippen LogP contribution in [0.1, 0.15) is 42.6 Å². The molecule has 0 spiro atoms. The summed E-state index contributed by atoms with van der Waals surface area (Å²) in [6.07, 6.45) is 3.10. The van der Waals surface area contributed by atoms with Gasteiger partial charge in [-0.15, -0.1) is 11.6 Å². The van der Waals surface area contributed by atoms with Gasteiger partial charge >= 0.3 is 0 Å². The van der Waals surface area contributed by atoms with Gasteiger partial charge in [0.2, 0.25) is 0 Å². The lowest BCUT2D eigenvalue weighted by molar-refractivity contribution is 0.0763. The molecule has 0 aromatic heterocycles. The highest BCUT2D eigenvalue weighted by atomic mass is 35.5. The van der Waals surface area contributed by atoms with Crippen molar-refractivity contribution in [3.05, 3.63) is 35.4 Å². The van der Waals surface area contributed by atoms with Gasteiger partial charge in [0.1, 0.15) is 0 Å². The van der Waals surface area contributed by atoms with Gasteiger partial charge in [-0.25, -0.2) is 0 Å². The first kappa shape index (κ1) is 15.0. The van der Waals surface area contributed by atoms with Crippen molar-refractivity contribution >= 4 is 17.5 Å².